The molecule has 0 saturated carbocycles. The fourth-order valence-electron chi connectivity index (χ4n) is 3.47. The van der Waals surface area contributed by atoms with Gasteiger partial charge in [-0.25, -0.2) is 4.63 Å². The smallest absolute Gasteiger partial charge is 0.263 e. The van der Waals surface area contributed by atoms with Crippen molar-refractivity contribution in [2.45, 2.75) is 47.5 Å². The molecule has 0 spiro atoms. The number of aryl methyl sites for hydroxylation is 3. The SMILES string of the molecule is CCCOc1ccc(-c2nonc2NC(=O)COc2c(C)cc(C)cc2C)cc1OCCC. The Morgan fingerprint density at radius 1 is 0.909 bits per heavy atom. The van der Waals surface area contributed by atoms with Gasteiger partial charge in [-0.3, -0.25) is 4.79 Å². The van der Waals surface area contributed by atoms with Crippen LogP contribution < -0.4 is 19.5 Å². The van der Waals surface area contributed by atoms with Gasteiger partial charge >= 0.3 is 0 Å². The number of hydrogen-bond acceptors (Lipinski definition) is 7. The first-order valence-corrected chi connectivity index (χ1v) is 11.2. The number of hydrogen-bond donors (Lipinski definition) is 1. The number of benzene rings is 2. The van der Waals surface area contributed by atoms with Gasteiger partial charge in [-0.1, -0.05) is 31.5 Å². The van der Waals surface area contributed by atoms with Gasteiger partial charge in [0.25, 0.3) is 5.91 Å². The molecule has 8 nitrogen and oxygen atoms in total. The van der Waals surface area contributed by atoms with E-state index in [-0.39, 0.29) is 18.3 Å². The van der Waals surface area contributed by atoms with Gasteiger partial charge in [0.05, 0.1) is 13.2 Å². The van der Waals surface area contributed by atoms with Crippen LogP contribution in [0.3, 0.4) is 0 Å². The molecule has 1 heterocycles. The summed E-state index contributed by atoms with van der Waals surface area (Å²) in [6, 6.07) is 9.50. The molecular weight excluding hydrogens is 422 g/mol. The van der Waals surface area contributed by atoms with Gasteiger partial charge < -0.3 is 19.5 Å². The van der Waals surface area contributed by atoms with E-state index in [0.29, 0.717) is 41.7 Å². The van der Waals surface area contributed by atoms with Crippen LogP contribution in [0.5, 0.6) is 17.2 Å². The van der Waals surface area contributed by atoms with Gasteiger partial charge in [0.15, 0.2) is 23.8 Å². The lowest BCUT2D eigenvalue weighted by Gasteiger charge is -2.14. The Morgan fingerprint density at radius 3 is 2.24 bits per heavy atom. The minimum absolute atomic E-state index is 0.161. The number of aromatic nitrogens is 2. The summed E-state index contributed by atoms with van der Waals surface area (Å²) in [5.74, 6) is 1.82. The van der Waals surface area contributed by atoms with Crippen LogP contribution in [0.4, 0.5) is 5.82 Å². The first-order chi connectivity index (χ1) is 15.9. The zero-order valence-corrected chi connectivity index (χ0v) is 19.9. The molecule has 176 valence electrons. The number of nitrogens with one attached hydrogen (secondary N) is 1. The second-order valence-corrected chi connectivity index (χ2v) is 7.88. The topological polar surface area (TPSA) is 95.7 Å². The average Bonchev–Trinajstić information content (AvgIpc) is 3.23. The third kappa shape index (κ3) is 6.25. The molecule has 3 aromatic rings. The quantitative estimate of drug-likeness (QED) is 0.423. The number of nitrogens with zero attached hydrogens (tertiary/aromatic N) is 2. The van der Waals surface area contributed by atoms with E-state index in [0.717, 1.165) is 29.5 Å². The first-order valence-electron chi connectivity index (χ1n) is 11.2. The van der Waals surface area contributed by atoms with Crippen LogP contribution in [0.2, 0.25) is 0 Å². The molecule has 0 aliphatic rings. The summed E-state index contributed by atoms with van der Waals surface area (Å²) in [5, 5.41) is 10.5. The van der Waals surface area contributed by atoms with E-state index in [1.54, 1.807) is 0 Å². The lowest BCUT2D eigenvalue weighted by Crippen LogP contribution is -2.21. The third-order valence-electron chi connectivity index (χ3n) is 4.84. The highest BCUT2D eigenvalue weighted by atomic mass is 16.6. The van der Waals surface area contributed by atoms with Crippen molar-refractivity contribution in [3.05, 3.63) is 47.0 Å². The Kier molecular flexibility index (Phi) is 8.29. The summed E-state index contributed by atoms with van der Waals surface area (Å²) >= 11 is 0. The summed E-state index contributed by atoms with van der Waals surface area (Å²) in [4.78, 5) is 12.5. The lowest BCUT2D eigenvalue weighted by atomic mass is 10.1. The Bertz CT molecular complexity index is 1070. The van der Waals surface area contributed by atoms with E-state index in [1.165, 1.54) is 0 Å². The Labute approximate surface area is 194 Å². The zero-order valence-electron chi connectivity index (χ0n) is 19.9. The molecule has 1 aromatic heterocycles. The van der Waals surface area contributed by atoms with Crippen molar-refractivity contribution in [2.24, 2.45) is 0 Å². The fourth-order valence-corrected chi connectivity index (χ4v) is 3.47. The molecule has 1 N–H and O–H groups in total. The first kappa shape index (κ1) is 24.1. The summed E-state index contributed by atoms with van der Waals surface area (Å²) in [5.41, 5.74) is 4.19. The average molecular weight is 454 g/mol. The molecule has 2 aromatic carbocycles. The van der Waals surface area contributed by atoms with Crippen LogP contribution in [0, 0.1) is 20.8 Å². The second kappa shape index (κ2) is 11.4. The van der Waals surface area contributed by atoms with Crippen molar-refractivity contribution in [3.63, 3.8) is 0 Å². The van der Waals surface area contributed by atoms with Gasteiger partial charge in [0, 0.05) is 5.56 Å². The van der Waals surface area contributed by atoms with E-state index in [4.69, 9.17) is 18.8 Å². The molecule has 1 amide bonds. The van der Waals surface area contributed by atoms with Crippen LogP contribution >= 0.6 is 0 Å². The predicted octanol–water partition coefficient (Wildman–Crippen LogP) is 5.26. The standard InChI is InChI=1S/C25H31N3O5/c1-6-10-30-20-9-8-19(14-21(20)31-11-7-2)23-25(28-33-27-23)26-22(29)15-32-24-17(4)12-16(3)13-18(24)5/h8-9,12-14H,6-7,10-11,15H2,1-5H3,(H,26,28,29). The minimum atomic E-state index is -0.364. The molecule has 8 heteroatoms. The van der Waals surface area contributed by atoms with Gasteiger partial charge in [-0.2, -0.15) is 0 Å². The Balaban J connectivity index is 1.73. The van der Waals surface area contributed by atoms with E-state index in [1.807, 2.05) is 65.0 Å². The number of anilines is 1. The van der Waals surface area contributed by atoms with E-state index in [9.17, 15) is 4.79 Å². The third-order valence-corrected chi connectivity index (χ3v) is 4.84. The normalized spacial score (nSPS) is 10.7. The Hall–Kier alpha value is -3.55. The summed E-state index contributed by atoms with van der Waals surface area (Å²) < 4.78 is 22.3. The van der Waals surface area contributed by atoms with Gasteiger partial charge in [-0.05, 0) is 73.3 Å². The highest BCUT2D eigenvalue weighted by Gasteiger charge is 2.18. The molecule has 0 fully saturated rings. The van der Waals surface area contributed by atoms with Gasteiger partial charge in [-0.15, -0.1) is 0 Å². The zero-order chi connectivity index (χ0) is 23.8. The van der Waals surface area contributed by atoms with Crippen molar-refractivity contribution < 1.29 is 23.6 Å². The maximum Gasteiger partial charge on any atom is 0.263 e. The van der Waals surface area contributed by atoms with Crippen molar-refractivity contribution >= 4 is 11.7 Å². The highest BCUT2D eigenvalue weighted by molar-refractivity contribution is 5.94. The molecule has 0 aliphatic carbocycles. The van der Waals surface area contributed by atoms with Crippen LogP contribution in [0.25, 0.3) is 11.3 Å². The van der Waals surface area contributed by atoms with Crippen molar-refractivity contribution in [2.75, 3.05) is 25.1 Å². The largest absolute Gasteiger partial charge is 0.490 e. The van der Waals surface area contributed by atoms with E-state index < -0.39 is 0 Å². The van der Waals surface area contributed by atoms with Gasteiger partial charge in [0.1, 0.15) is 5.75 Å². The number of carbonyl (C=O) groups is 1. The molecule has 0 unspecified atom stereocenters. The van der Waals surface area contributed by atoms with Crippen molar-refractivity contribution in [3.8, 4) is 28.5 Å². The van der Waals surface area contributed by atoms with E-state index >= 15 is 0 Å². The molecule has 0 aliphatic heterocycles. The highest BCUT2D eigenvalue weighted by Crippen LogP contribution is 2.34. The van der Waals surface area contributed by atoms with Gasteiger partial charge in [0.2, 0.25) is 5.82 Å². The lowest BCUT2D eigenvalue weighted by molar-refractivity contribution is -0.118. The van der Waals surface area contributed by atoms with Crippen LogP contribution in [0.1, 0.15) is 43.4 Å². The van der Waals surface area contributed by atoms with Crippen molar-refractivity contribution in [1.82, 2.24) is 10.3 Å². The molecular formula is C25H31N3O5. The molecule has 0 radical (unpaired) electrons. The molecule has 0 bridgehead atoms. The molecule has 0 saturated heterocycles. The van der Waals surface area contributed by atoms with Crippen molar-refractivity contribution in [1.29, 1.82) is 0 Å². The minimum Gasteiger partial charge on any atom is -0.490 e. The van der Waals surface area contributed by atoms with Crippen LogP contribution in [-0.2, 0) is 4.79 Å². The maximum absolute atomic E-state index is 12.5. The van der Waals surface area contributed by atoms with Crippen LogP contribution in [-0.4, -0.2) is 36.0 Å². The fraction of sp³-hybridized carbons (Fsp3) is 0.400. The number of amides is 1. The molecule has 33 heavy (non-hydrogen) atoms. The number of ether oxygens (including phenoxy) is 3. The predicted molar refractivity (Wildman–Crippen MR) is 126 cm³/mol. The summed E-state index contributed by atoms with van der Waals surface area (Å²) in [6.45, 7) is 11.0. The summed E-state index contributed by atoms with van der Waals surface area (Å²) in [7, 11) is 0. The van der Waals surface area contributed by atoms with E-state index in [2.05, 4.69) is 15.6 Å². The number of rotatable bonds is 11. The Morgan fingerprint density at radius 2 is 1.58 bits per heavy atom. The number of carbonyl (C=O) groups excluding carboxylic acids is 1. The second-order valence-electron chi connectivity index (χ2n) is 7.88. The monoisotopic (exact) mass is 453 g/mol. The summed E-state index contributed by atoms with van der Waals surface area (Å²) in [6.07, 6.45) is 1.76. The van der Waals surface area contributed by atoms with Crippen LogP contribution in [0.15, 0.2) is 35.0 Å². The molecule has 0 atom stereocenters. The molecule has 3 rings (SSSR count). The maximum atomic E-state index is 12.5.